The number of ether oxygens (including phenoxy) is 1. The molecule has 2 saturated heterocycles. The minimum Gasteiger partial charge on any atom is -0.374 e. The van der Waals surface area contributed by atoms with E-state index in [4.69, 9.17) is 4.74 Å². The van der Waals surface area contributed by atoms with E-state index in [2.05, 4.69) is 44.8 Å². The van der Waals surface area contributed by atoms with Crippen molar-refractivity contribution < 1.29 is 4.74 Å². The zero-order valence-electron chi connectivity index (χ0n) is 12.8. The summed E-state index contributed by atoms with van der Waals surface area (Å²) in [5.74, 6) is 0. The van der Waals surface area contributed by atoms with Gasteiger partial charge in [-0.1, -0.05) is 6.92 Å². The van der Waals surface area contributed by atoms with Crippen molar-refractivity contribution in [2.75, 3.05) is 19.6 Å². The standard InChI is InChI=1S/C15H30N2O/c1-6-15(5)10-16-14(3,4)11-17(15)9-13-8-7-12(2)18-13/h12-13,16H,6-11H2,1-5H3. The second-order valence-corrected chi connectivity index (χ2v) is 7.11. The van der Waals surface area contributed by atoms with Crippen LogP contribution in [0.25, 0.3) is 0 Å². The highest BCUT2D eigenvalue weighted by Gasteiger charge is 2.41. The molecule has 2 aliphatic heterocycles. The Morgan fingerprint density at radius 3 is 2.56 bits per heavy atom. The molecule has 3 atom stereocenters. The van der Waals surface area contributed by atoms with Crippen molar-refractivity contribution in [1.82, 2.24) is 10.2 Å². The molecular weight excluding hydrogens is 224 g/mol. The van der Waals surface area contributed by atoms with E-state index in [1.807, 2.05) is 0 Å². The number of nitrogens with one attached hydrogen (secondary N) is 1. The molecule has 3 heteroatoms. The van der Waals surface area contributed by atoms with Crippen LogP contribution in [0.15, 0.2) is 0 Å². The molecule has 3 unspecified atom stereocenters. The summed E-state index contributed by atoms with van der Waals surface area (Å²) >= 11 is 0. The molecule has 2 fully saturated rings. The molecule has 0 spiro atoms. The molecule has 2 heterocycles. The molecule has 3 nitrogen and oxygen atoms in total. The summed E-state index contributed by atoms with van der Waals surface area (Å²) in [5, 5.41) is 3.68. The van der Waals surface area contributed by atoms with E-state index in [0.29, 0.717) is 12.2 Å². The molecular formula is C15H30N2O. The minimum absolute atomic E-state index is 0.221. The third-order valence-electron chi connectivity index (χ3n) is 4.80. The Labute approximate surface area is 112 Å². The quantitative estimate of drug-likeness (QED) is 0.837. The summed E-state index contributed by atoms with van der Waals surface area (Å²) in [6.45, 7) is 14.8. The highest BCUT2D eigenvalue weighted by atomic mass is 16.5. The first-order valence-electron chi connectivity index (χ1n) is 7.50. The van der Waals surface area contributed by atoms with Gasteiger partial charge >= 0.3 is 0 Å². The van der Waals surface area contributed by atoms with Gasteiger partial charge in [0, 0.05) is 30.7 Å². The van der Waals surface area contributed by atoms with Crippen LogP contribution in [0.4, 0.5) is 0 Å². The van der Waals surface area contributed by atoms with E-state index in [-0.39, 0.29) is 11.1 Å². The Kier molecular flexibility index (Phi) is 4.05. The van der Waals surface area contributed by atoms with Gasteiger partial charge < -0.3 is 10.1 Å². The van der Waals surface area contributed by atoms with Crippen LogP contribution in [0.3, 0.4) is 0 Å². The number of nitrogens with zero attached hydrogens (tertiary/aromatic N) is 1. The van der Waals surface area contributed by atoms with Crippen molar-refractivity contribution in [3.63, 3.8) is 0 Å². The Balaban J connectivity index is 2.01. The fourth-order valence-corrected chi connectivity index (χ4v) is 3.16. The molecule has 0 bridgehead atoms. The molecule has 0 aromatic carbocycles. The smallest absolute Gasteiger partial charge is 0.0706 e. The van der Waals surface area contributed by atoms with Crippen molar-refractivity contribution in [3.05, 3.63) is 0 Å². The number of hydrogen-bond acceptors (Lipinski definition) is 3. The van der Waals surface area contributed by atoms with Crippen LogP contribution in [-0.4, -0.2) is 47.8 Å². The van der Waals surface area contributed by atoms with Crippen LogP contribution >= 0.6 is 0 Å². The summed E-state index contributed by atoms with van der Waals surface area (Å²) < 4.78 is 6.01. The molecule has 0 aromatic heterocycles. The normalized spacial score (nSPS) is 41.2. The van der Waals surface area contributed by atoms with E-state index in [1.165, 1.54) is 19.3 Å². The van der Waals surface area contributed by atoms with E-state index < -0.39 is 0 Å². The lowest BCUT2D eigenvalue weighted by Gasteiger charge is -2.51. The Morgan fingerprint density at radius 1 is 1.28 bits per heavy atom. The summed E-state index contributed by atoms with van der Waals surface area (Å²) in [6.07, 6.45) is 4.55. The maximum absolute atomic E-state index is 6.01. The maximum Gasteiger partial charge on any atom is 0.0706 e. The Morgan fingerprint density at radius 2 is 2.00 bits per heavy atom. The third-order valence-corrected chi connectivity index (χ3v) is 4.80. The second-order valence-electron chi connectivity index (χ2n) is 7.11. The van der Waals surface area contributed by atoms with Crippen molar-refractivity contribution in [2.24, 2.45) is 0 Å². The first-order valence-corrected chi connectivity index (χ1v) is 7.50. The highest BCUT2D eigenvalue weighted by Crippen LogP contribution is 2.29. The fraction of sp³-hybridized carbons (Fsp3) is 1.00. The average molecular weight is 254 g/mol. The first-order chi connectivity index (χ1) is 8.35. The average Bonchev–Trinajstić information content (AvgIpc) is 2.70. The van der Waals surface area contributed by atoms with Gasteiger partial charge in [0.05, 0.1) is 12.2 Å². The van der Waals surface area contributed by atoms with Crippen LogP contribution in [0.2, 0.25) is 0 Å². The van der Waals surface area contributed by atoms with Gasteiger partial charge in [-0.2, -0.15) is 0 Å². The highest BCUT2D eigenvalue weighted by molar-refractivity contribution is 5.00. The van der Waals surface area contributed by atoms with Gasteiger partial charge in [-0.3, -0.25) is 4.90 Å². The first kappa shape index (κ1) is 14.3. The lowest BCUT2D eigenvalue weighted by molar-refractivity contribution is -0.0298. The van der Waals surface area contributed by atoms with Crippen molar-refractivity contribution in [1.29, 1.82) is 0 Å². The zero-order valence-corrected chi connectivity index (χ0v) is 12.8. The predicted molar refractivity (Wildman–Crippen MR) is 75.9 cm³/mol. The molecule has 0 saturated carbocycles. The largest absolute Gasteiger partial charge is 0.374 e. The topological polar surface area (TPSA) is 24.5 Å². The molecule has 2 aliphatic rings. The van der Waals surface area contributed by atoms with Crippen LogP contribution in [0, 0.1) is 0 Å². The molecule has 18 heavy (non-hydrogen) atoms. The zero-order chi connectivity index (χ0) is 13.4. The van der Waals surface area contributed by atoms with Crippen LogP contribution < -0.4 is 5.32 Å². The maximum atomic E-state index is 6.01. The molecule has 2 rings (SSSR count). The van der Waals surface area contributed by atoms with Crippen LogP contribution in [0.1, 0.15) is 53.9 Å². The van der Waals surface area contributed by atoms with Crippen molar-refractivity contribution >= 4 is 0 Å². The summed E-state index contributed by atoms with van der Waals surface area (Å²) in [7, 11) is 0. The molecule has 106 valence electrons. The van der Waals surface area contributed by atoms with E-state index in [0.717, 1.165) is 19.6 Å². The Hall–Kier alpha value is -0.120. The van der Waals surface area contributed by atoms with E-state index >= 15 is 0 Å². The van der Waals surface area contributed by atoms with E-state index in [9.17, 15) is 0 Å². The van der Waals surface area contributed by atoms with Gasteiger partial charge in [-0.15, -0.1) is 0 Å². The van der Waals surface area contributed by atoms with E-state index in [1.54, 1.807) is 0 Å². The minimum atomic E-state index is 0.221. The lowest BCUT2D eigenvalue weighted by atomic mass is 9.87. The van der Waals surface area contributed by atoms with Crippen LogP contribution in [0.5, 0.6) is 0 Å². The molecule has 0 radical (unpaired) electrons. The molecule has 0 amide bonds. The number of piperazine rings is 1. The van der Waals surface area contributed by atoms with Crippen LogP contribution in [-0.2, 0) is 4.74 Å². The predicted octanol–water partition coefficient (Wildman–Crippen LogP) is 2.41. The monoisotopic (exact) mass is 254 g/mol. The Bertz CT molecular complexity index is 292. The van der Waals surface area contributed by atoms with Gasteiger partial charge in [0.1, 0.15) is 0 Å². The van der Waals surface area contributed by atoms with Gasteiger partial charge in [-0.25, -0.2) is 0 Å². The van der Waals surface area contributed by atoms with Gasteiger partial charge in [0.25, 0.3) is 0 Å². The fourth-order valence-electron chi connectivity index (χ4n) is 3.16. The second kappa shape index (κ2) is 5.10. The van der Waals surface area contributed by atoms with Gasteiger partial charge in [0.2, 0.25) is 0 Å². The molecule has 0 aliphatic carbocycles. The van der Waals surface area contributed by atoms with Gasteiger partial charge in [-0.05, 0) is 47.0 Å². The summed E-state index contributed by atoms with van der Waals surface area (Å²) in [4.78, 5) is 2.66. The molecule has 0 aromatic rings. The number of rotatable bonds is 3. The van der Waals surface area contributed by atoms with Gasteiger partial charge in [0.15, 0.2) is 0 Å². The summed E-state index contributed by atoms with van der Waals surface area (Å²) in [5.41, 5.74) is 0.504. The van der Waals surface area contributed by atoms with Crippen molar-refractivity contribution in [2.45, 2.75) is 77.2 Å². The third kappa shape index (κ3) is 3.06. The molecule has 1 N–H and O–H groups in total. The SMILES string of the molecule is CCC1(C)CNC(C)(C)CN1CC1CCC(C)O1. The summed E-state index contributed by atoms with van der Waals surface area (Å²) in [6, 6.07) is 0. The number of hydrogen-bond donors (Lipinski definition) is 1. The lowest BCUT2D eigenvalue weighted by Crippen LogP contribution is -2.67. The van der Waals surface area contributed by atoms with Crippen molar-refractivity contribution in [3.8, 4) is 0 Å².